The second kappa shape index (κ2) is 9.74. The zero-order valence-electron chi connectivity index (χ0n) is 18.1. The molecule has 3 aromatic carbocycles. The Balaban J connectivity index is 1.14. The molecule has 0 saturated carbocycles. The highest BCUT2D eigenvalue weighted by Crippen LogP contribution is 2.34. The molecule has 1 aromatic heterocycles. The number of aromatic nitrogens is 1. The number of thioether (sulfide) groups is 1. The summed E-state index contributed by atoms with van der Waals surface area (Å²) < 4.78 is 18.1. The first-order chi connectivity index (χ1) is 16.5. The maximum atomic E-state index is 12.5. The maximum absolute atomic E-state index is 12.5. The van der Waals surface area contributed by atoms with E-state index < -0.39 is 18.0 Å². The SMILES string of the molecule is CC(OC(=O)c1ccc(CSc2nc3ccccc3s2)cc1)C(=O)Nc1ccc2c(c1)OCO2. The van der Waals surface area contributed by atoms with Crippen molar-refractivity contribution in [2.24, 2.45) is 0 Å². The van der Waals surface area contributed by atoms with E-state index in [2.05, 4.69) is 16.4 Å². The van der Waals surface area contributed by atoms with Crippen LogP contribution in [0.15, 0.2) is 71.1 Å². The van der Waals surface area contributed by atoms with Gasteiger partial charge in [-0.3, -0.25) is 4.79 Å². The van der Waals surface area contributed by atoms with Crippen molar-refractivity contribution in [3.63, 3.8) is 0 Å². The molecule has 0 spiro atoms. The number of fused-ring (bicyclic) bond motifs is 2. The Hall–Kier alpha value is -3.56. The van der Waals surface area contributed by atoms with E-state index >= 15 is 0 Å². The second-order valence-corrected chi connectivity index (χ2v) is 9.79. The van der Waals surface area contributed by atoms with Gasteiger partial charge in [0.2, 0.25) is 6.79 Å². The number of thiazole rings is 1. The number of carbonyl (C=O) groups is 2. The molecular weight excluding hydrogens is 472 g/mol. The number of hydrogen-bond donors (Lipinski definition) is 1. The highest BCUT2D eigenvalue weighted by Gasteiger charge is 2.20. The third-order valence-electron chi connectivity index (χ3n) is 5.12. The van der Waals surface area contributed by atoms with E-state index in [0.717, 1.165) is 21.2 Å². The Kier molecular flexibility index (Phi) is 6.37. The molecule has 0 saturated heterocycles. The topological polar surface area (TPSA) is 86.8 Å². The van der Waals surface area contributed by atoms with Gasteiger partial charge in [-0.15, -0.1) is 11.3 Å². The Morgan fingerprint density at radius 2 is 1.88 bits per heavy atom. The molecule has 1 N–H and O–H groups in total. The lowest BCUT2D eigenvalue weighted by Crippen LogP contribution is -2.30. The monoisotopic (exact) mass is 492 g/mol. The Bertz CT molecular complexity index is 1320. The van der Waals surface area contributed by atoms with Crippen LogP contribution in [0.25, 0.3) is 10.2 Å². The van der Waals surface area contributed by atoms with Gasteiger partial charge >= 0.3 is 5.97 Å². The van der Waals surface area contributed by atoms with Crippen molar-refractivity contribution < 1.29 is 23.8 Å². The zero-order chi connectivity index (χ0) is 23.5. The lowest BCUT2D eigenvalue weighted by Gasteiger charge is -2.14. The molecule has 9 heteroatoms. The van der Waals surface area contributed by atoms with E-state index in [4.69, 9.17) is 14.2 Å². The number of hydrogen-bond acceptors (Lipinski definition) is 8. The Labute approximate surface area is 204 Å². The number of nitrogens with one attached hydrogen (secondary N) is 1. The minimum Gasteiger partial charge on any atom is -0.454 e. The summed E-state index contributed by atoms with van der Waals surface area (Å²) in [4.78, 5) is 29.6. The minimum atomic E-state index is -0.966. The molecule has 2 heterocycles. The van der Waals surface area contributed by atoms with Crippen LogP contribution >= 0.6 is 23.1 Å². The second-order valence-electron chi connectivity index (χ2n) is 7.54. The molecule has 1 amide bonds. The Morgan fingerprint density at radius 3 is 2.71 bits per heavy atom. The van der Waals surface area contributed by atoms with Crippen molar-refractivity contribution in [3.8, 4) is 11.5 Å². The number of anilines is 1. The van der Waals surface area contributed by atoms with Gasteiger partial charge < -0.3 is 19.5 Å². The number of nitrogens with zero attached hydrogens (tertiary/aromatic N) is 1. The summed E-state index contributed by atoms with van der Waals surface area (Å²) in [6.45, 7) is 1.68. The standard InChI is InChI=1S/C25H20N2O5S2/c1-15(23(28)26-18-10-11-20-21(12-18)31-14-30-20)32-24(29)17-8-6-16(7-9-17)13-33-25-27-19-4-2-3-5-22(19)34-25/h2-12,15H,13-14H2,1H3,(H,26,28). The molecule has 0 aliphatic carbocycles. The first-order valence-electron chi connectivity index (χ1n) is 10.5. The van der Waals surface area contributed by atoms with E-state index in [1.807, 2.05) is 30.3 Å². The van der Waals surface area contributed by atoms with Crippen LogP contribution in [-0.4, -0.2) is 29.8 Å². The van der Waals surface area contributed by atoms with Crippen LogP contribution in [0.5, 0.6) is 11.5 Å². The number of esters is 1. The van der Waals surface area contributed by atoms with Crippen molar-refractivity contribution >= 4 is 50.9 Å². The average molecular weight is 493 g/mol. The third kappa shape index (κ3) is 5.00. The molecule has 0 fully saturated rings. The molecule has 1 unspecified atom stereocenters. The van der Waals surface area contributed by atoms with Gasteiger partial charge in [-0.05, 0) is 48.9 Å². The lowest BCUT2D eigenvalue weighted by molar-refractivity contribution is -0.123. The van der Waals surface area contributed by atoms with Crippen molar-refractivity contribution in [2.75, 3.05) is 12.1 Å². The summed E-state index contributed by atoms with van der Waals surface area (Å²) in [6.07, 6.45) is -0.966. The van der Waals surface area contributed by atoms with Crippen LogP contribution in [0.2, 0.25) is 0 Å². The molecule has 172 valence electrons. The molecule has 7 nitrogen and oxygen atoms in total. The van der Waals surface area contributed by atoms with Crippen molar-refractivity contribution in [3.05, 3.63) is 77.9 Å². The summed E-state index contributed by atoms with van der Waals surface area (Å²) in [5.74, 6) is 0.932. The fourth-order valence-corrected chi connectivity index (χ4v) is 5.32. The van der Waals surface area contributed by atoms with Crippen LogP contribution in [0, 0.1) is 0 Å². The van der Waals surface area contributed by atoms with E-state index in [9.17, 15) is 9.59 Å². The summed E-state index contributed by atoms with van der Waals surface area (Å²) >= 11 is 3.32. The number of benzene rings is 3. The molecule has 1 aliphatic heterocycles. The van der Waals surface area contributed by atoms with E-state index in [0.29, 0.717) is 22.7 Å². The largest absolute Gasteiger partial charge is 0.454 e. The predicted octanol–water partition coefficient (Wildman–Crippen LogP) is 5.50. The quantitative estimate of drug-likeness (QED) is 0.269. The number of ether oxygens (including phenoxy) is 3. The molecule has 1 aliphatic rings. The average Bonchev–Trinajstić information content (AvgIpc) is 3.49. The van der Waals surface area contributed by atoms with Gasteiger partial charge in [0.15, 0.2) is 21.9 Å². The third-order valence-corrected chi connectivity index (χ3v) is 7.37. The number of amides is 1. The maximum Gasteiger partial charge on any atom is 0.338 e. The van der Waals surface area contributed by atoms with Gasteiger partial charge in [-0.2, -0.15) is 0 Å². The summed E-state index contributed by atoms with van der Waals surface area (Å²) in [6, 6.07) is 20.3. The van der Waals surface area contributed by atoms with Crippen LogP contribution in [0.3, 0.4) is 0 Å². The van der Waals surface area contributed by atoms with Gasteiger partial charge in [0.05, 0.1) is 15.8 Å². The van der Waals surface area contributed by atoms with Gasteiger partial charge in [-0.25, -0.2) is 9.78 Å². The summed E-state index contributed by atoms with van der Waals surface area (Å²) in [5.41, 5.74) is 2.99. The molecule has 4 aromatic rings. The van der Waals surface area contributed by atoms with Crippen LogP contribution in [0.4, 0.5) is 5.69 Å². The molecular formula is C25H20N2O5S2. The molecule has 0 radical (unpaired) electrons. The minimum absolute atomic E-state index is 0.153. The highest BCUT2D eigenvalue weighted by atomic mass is 32.2. The first-order valence-corrected chi connectivity index (χ1v) is 12.3. The van der Waals surface area contributed by atoms with Crippen LogP contribution in [-0.2, 0) is 15.3 Å². The van der Waals surface area contributed by atoms with Crippen molar-refractivity contribution in [1.82, 2.24) is 4.98 Å². The normalized spacial score (nSPS) is 13.0. The molecule has 1 atom stereocenters. The zero-order valence-corrected chi connectivity index (χ0v) is 19.8. The summed E-state index contributed by atoms with van der Waals surface area (Å²) in [5, 5.41) is 2.72. The number of carbonyl (C=O) groups excluding carboxylic acids is 2. The smallest absolute Gasteiger partial charge is 0.338 e. The number of rotatable bonds is 7. The van der Waals surface area contributed by atoms with Gasteiger partial charge in [-0.1, -0.05) is 36.0 Å². The first kappa shape index (κ1) is 22.2. The summed E-state index contributed by atoms with van der Waals surface area (Å²) in [7, 11) is 0. The molecule has 0 bridgehead atoms. The number of para-hydroxylation sites is 1. The van der Waals surface area contributed by atoms with E-state index in [1.165, 1.54) is 11.6 Å². The van der Waals surface area contributed by atoms with Gasteiger partial charge in [0.25, 0.3) is 5.91 Å². The predicted molar refractivity (Wildman–Crippen MR) is 132 cm³/mol. The van der Waals surface area contributed by atoms with Gasteiger partial charge in [0, 0.05) is 17.5 Å². The molecule has 5 rings (SSSR count). The van der Waals surface area contributed by atoms with Crippen molar-refractivity contribution in [2.45, 2.75) is 23.1 Å². The van der Waals surface area contributed by atoms with Gasteiger partial charge in [0.1, 0.15) is 0 Å². The van der Waals surface area contributed by atoms with Crippen molar-refractivity contribution in [1.29, 1.82) is 0 Å². The highest BCUT2D eigenvalue weighted by molar-refractivity contribution is 8.00. The molecule has 34 heavy (non-hydrogen) atoms. The van der Waals surface area contributed by atoms with E-state index in [-0.39, 0.29) is 6.79 Å². The fraction of sp³-hybridized carbons (Fsp3) is 0.160. The van der Waals surface area contributed by atoms with Crippen LogP contribution in [0.1, 0.15) is 22.8 Å². The van der Waals surface area contributed by atoms with Crippen LogP contribution < -0.4 is 14.8 Å². The van der Waals surface area contributed by atoms with E-state index in [1.54, 1.807) is 53.4 Å². The Morgan fingerprint density at radius 1 is 1.09 bits per heavy atom. The lowest BCUT2D eigenvalue weighted by atomic mass is 10.1. The fourth-order valence-electron chi connectivity index (χ4n) is 3.30.